The van der Waals surface area contributed by atoms with Gasteiger partial charge in [-0.05, 0) is 18.4 Å². The molecule has 1 atom stereocenters. The molecule has 1 aliphatic carbocycles. The Morgan fingerprint density at radius 2 is 2.00 bits per heavy atom. The summed E-state index contributed by atoms with van der Waals surface area (Å²) in [6.45, 7) is 1.45. The lowest BCUT2D eigenvalue weighted by Gasteiger charge is -2.17. The molecular weight excluding hydrogens is 262 g/mol. The van der Waals surface area contributed by atoms with Crippen LogP contribution < -0.4 is 0 Å². The van der Waals surface area contributed by atoms with Gasteiger partial charge in [-0.1, -0.05) is 30.3 Å². The second-order valence-electron chi connectivity index (χ2n) is 6.07. The van der Waals surface area contributed by atoms with Gasteiger partial charge in [0.2, 0.25) is 5.91 Å². The molecule has 4 nitrogen and oxygen atoms in total. The summed E-state index contributed by atoms with van der Waals surface area (Å²) < 4.78 is 2.24. The van der Waals surface area contributed by atoms with E-state index in [2.05, 4.69) is 21.7 Å². The van der Waals surface area contributed by atoms with Crippen molar-refractivity contribution < 1.29 is 4.79 Å². The van der Waals surface area contributed by atoms with Crippen molar-refractivity contribution in [2.75, 3.05) is 6.54 Å². The van der Waals surface area contributed by atoms with Crippen molar-refractivity contribution in [1.82, 2.24) is 14.5 Å². The smallest absolute Gasteiger partial charge is 0.223 e. The summed E-state index contributed by atoms with van der Waals surface area (Å²) in [4.78, 5) is 18.7. The third kappa shape index (κ3) is 2.46. The molecule has 1 aromatic heterocycles. The minimum Gasteiger partial charge on any atom is -0.335 e. The molecule has 2 heterocycles. The molecule has 1 aromatic carbocycles. The van der Waals surface area contributed by atoms with E-state index in [1.807, 2.05) is 35.5 Å². The van der Waals surface area contributed by atoms with Crippen LogP contribution in [-0.2, 0) is 11.3 Å². The van der Waals surface area contributed by atoms with Crippen LogP contribution in [0.25, 0.3) is 0 Å². The molecule has 0 unspecified atom stereocenters. The van der Waals surface area contributed by atoms with E-state index >= 15 is 0 Å². The monoisotopic (exact) mass is 281 g/mol. The van der Waals surface area contributed by atoms with Crippen LogP contribution in [0.4, 0.5) is 0 Å². The number of amides is 1. The molecule has 1 amide bonds. The molecule has 1 aliphatic heterocycles. The number of aromatic nitrogens is 2. The van der Waals surface area contributed by atoms with E-state index in [-0.39, 0.29) is 5.91 Å². The molecule has 2 aliphatic rings. The van der Waals surface area contributed by atoms with Crippen LogP contribution in [0.5, 0.6) is 0 Å². The highest BCUT2D eigenvalue weighted by atomic mass is 16.2. The number of imidazole rings is 1. The molecule has 1 saturated carbocycles. The fourth-order valence-corrected chi connectivity index (χ4v) is 3.20. The highest BCUT2D eigenvalue weighted by Crippen LogP contribution is 2.36. The van der Waals surface area contributed by atoms with Crippen LogP contribution in [0.15, 0.2) is 42.7 Å². The maximum atomic E-state index is 12.3. The molecule has 4 rings (SSSR count). The van der Waals surface area contributed by atoms with Gasteiger partial charge in [0.05, 0.1) is 6.54 Å². The first-order chi connectivity index (χ1) is 10.3. The Labute approximate surface area is 124 Å². The van der Waals surface area contributed by atoms with Crippen molar-refractivity contribution in [3.8, 4) is 0 Å². The SMILES string of the molecule is O=C1C[C@H](c2ccccc2)CN1Cc1nccn1C1CC1. The molecule has 0 bridgehead atoms. The lowest BCUT2D eigenvalue weighted by molar-refractivity contribution is -0.128. The highest BCUT2D eigenvalue weighted by molar-refractivity contribution is 5.79. The van der Waals surface area contributed by atoms with Gasteiger partial charge in [-0.15, -0.1) is 0 Å². The molecule has 4 heteroatoms. The van der Waals surface area contributed by atoms with Gasteiger partial charge in [0.1, 0.15) is 5.82 Å². The number of benzene rings is 1. The van der Waals surface area contributed by atoms with E-state index in [9.17, 15) is 4.79 Å². The minimum absolute atomic E-state index is 0.245. The van der Waals surface area contributed by atoms with Crippen LogP contribution in [-0.4, -0.2) is 26.9 Å². The quantitative estimate of drug-likeness (QED) is 0.864. The van der Waals surface area contributed by atoms with Crippen molar-refractivity contribution >= 4 is 5.91 Å². The standard InChI is InChI=1S/C17H19N3O/c21-17-10-14(13-4-2-1-3-5-13)11-19(17)12-16-18-8-9-20(16)15-6-7-15/h1-5,8-9,14-15H,6-7,10-12H2/t14-/m0/s1. The summed E-state index contributed by atoms with van der Waals surface area (Å²) >= 11 is 0. The Kier molecular flexibility index (Phi) is 3.02. The Morgan fingerprint density at radius 1 is 1.19 bits per heavy atom. The minimum atomic E-state index is 0.245. The first-order valence-corrected chi connectivity index (χ1v) is 7.65. The number of hydrogen-bond donors (Lipinski definition) is 0. The fourth-order valence-electron chi connectivity index (χ4n) is 3.20. The number of carbonyl (C=O) groups excluding carboxylic acids is 1. The van der Waals surface area contributed by atoms with Gasteiger partial charge in [-0.2, -0.15) is 0 Å². The van der Waals surface area contributed by atoms with Crippen molar-refractivity contribution in [2.24, 2.45) is 0 Å². The number of rotatable bonds is 4. The Balaban J connectivity index is 1.49. The van der Waals surface area contributed by atoms with Crippen LogP contribution >= 0.6 is 0 Å². The van der Waals surface area contributed by atoms with Crippen LogP contribution in [0, 0.1) is 0 Å². The van der Waals surface area contributed by atoms with E-state index < -0.39 is 0 Å². The van der Waals surface area contributed by atoms with Crippen LogP contribution in [0.1, 0.15) is 42.6 Å². The first-order valence-electron chi connectivity index (χ1n) is 7.65. The van der Waals surface area contributed by atoms with Crippen LogP contribution in [0.2, 0.25) is 0 Å². The predicted molar refractivity (Wildman–Crippen MR) is 79.7 cm³/mol. The zero-order valence-corrected chi connectivity index (χ0v) is 12.0. The summed E-state index contributed by atoms with van der Waals surface area (Å²) in [7, 11) is 0. The molecule has 108 valence electrons. The fraction of sp³-hybridized carbons (Fsp3) is 0.412. The van der Waals surface area contributed by atoms with E-state index in [4.69, 9.17) is 0 Å². The van der Waals surface area contributed by atoms with Gasteiger partial charge in [0.15, 0.2) is 0 Å². The van der Waals surface area contributed by atoms with Gasteiger partial charge < -0.3 is 9.47 Å². The van der Waals surface area contributed by atoms with Crippen molar-refractivity contribution in [3.63, 3.8) is 0 Å². The molecule has 2 fully saturated rings. The number of hydrogen-bond acceptors (Lipinski definition) is 2. The van der Waals surface area contributed by atoms with Gasteiger partial charge in [0.25, 0.3) is 0 Å². The molecule has 0 N–H and O–H groups in total. The molecule has 21 heavy (non-hydrogen) atoms. The summed E-state index contributed by atoms with van der Waals surface area (Å²) in [5.41, 5.74) is 1.26. The Hall–Kier alpha value is -2.10. The Bertz CT molecular complexity index is 645. The van der Waals surface area contributed by atoms with Gasteiger partial charge in [-0.25, -0.2) is 4.98 Å². The zero-order valence-electron chi connectivity index (χ0n) is 12.0. The highest BCUT2D eigenvalue weighted by Gasteiger charge is 2.32. The van der Waals surface area contributed by atoms with E-state index in [0.717, 1.165) is 12.4 Å². The summed E-state index contributed by atoms with van der Waals surface area (Å²) in [5.74, 6) is 1.59. The topological polar surface area (TPSA) is 38.1 Å². The number of nitrogens with zero attached hydrogens (tertiary/aromatic N) is 3. The summed E-state index contributed by atoms with van der Waals surface area (Å²) in [5, 5.41) is 0. The van der Waals surface area contributed by atoms with Crippen molar-refractivity contribution in [1.29, 1.82) is 0 Å². The van der Waals surface area contributed by atoms with E-state index in [1.54, 1.807) is 0 Å². The average molecular weight is 281 g/mol. The zero-order chi connectivity index (χ0) is 14.2. The summed E-state index contributed by atoms with van der Waals surface area (Å²) in [6.07, 6.45) is 6.99. The normalized spacial score (nSPS) is 22.0. The van der Waals surface area contributed by atoms with Crippen molar-refractivity contribution in [3.05, 3.63) is 54.1 Å². The first kappa shape index (κ1) is 12.6. The third-order valence-electron chi connectivity index (χ3n) is 4.51. The molecule has 0 radical (unpaired) electrons. The van der Waals surface area contributed by atoms with Gasteiger partial charge in [-0.3, -0.25) is 4.79 Å². The maximum absolute atomic E-state index is 12.3. The van der Waals surface area contributed by atoms with Crippen molar-refractivity contribution in [2.45, 2.75) is 37.8 Å². The van der Waals surface area contributed by atoms with Crippen LogP contribution in [0.3, 0.4) is 0 Å². The lowest BCUT2D eigenvalue weighted by Crippen LogP contribution is -2.26. The second kappa shape index (κ2) is 5.02. The average Bonchev–Trinajstić information content (AvgIpc) is 3.15. The van der Waals surface area contributed by atoms with Gasteiger partial charge >= 0.3 is 0 Å². The second-order valence-corrected chi connectivity index (χ2v) is 6.07. The number of likely N-dealkylation sites (tertiary alicyclic amines) is 1. The molecule has 2 aromatic rings. The lowest BCUT2D eigenvalue weighted by atomic mass is 9.99. The summed E-state index contributed by atoms with van der Waals surface area (Å²) in [6, 6.07) is 11.0. The Morgan fingerprint density at radius 3 is 2.76 bits per heavy atom. The number of carbonyl (C=O) groups is 1. The molecular formula is C17H19N3O. The molecule has 0 spiro atoms. The predicted octanol–water partition coefficient (Wildman–Crippen LogP) is 2.73. The van der Waals surface area contributed by atoms with E-state index in [1.165, 1.54) is 18.4 Å². The largest absolute Gasteiger partial charge is 0.335 e. The maximum Gasteiger partial charge on any atom is 0.223 e. The van der Waals surface area contributed by atoms with Gasteiger partial charge in [0, 0.05) is 37.3 Å². The molecule has 1 saturated heterocycles. The van der Waals surface area contributed by atoms with E-state index in [0.29, 0.717) is 24.9 Å². The third-order valence-corrected chi connectivity index (χ3v) is 4.51.